The maximum atomic E-state index is 5.74. The first-order valence-corrected chi connectivity index (χ1v) is 6.29. The van der Waals surface area contributed by atoms with E-state index in [1.807, 2.05) is 36.4 Å². The largest absolute Gasteiger partial charge is 0.357 e. The second-order valence-electron chi connectivity index (χ2n) is 3.76. The summed E-state index contributed by atoms with van der Waals surface area (Å²) in [4.78, 5) is -0.591. The normalized spacial score (nSPS) is 10.5. The van der Waals surface area contributed by atoms with E-state index in [9.17, 15) is 0 Å². The van der Waals surface area contributed by atoms with E-state index in [0.717, 1.165) is 12.1 Å². The molecule has 0 saturated carbocycles. The van der Waals surface area contributed by atoms with Gasteiger partial charge in [-0.15, -0.1) is 0 Å². The third-order valence-corrected chi connectivity index (χ3v) is 2.74. The average Bonchev–Trinajstić information content (AvgIpc) is 2.32. The highest BCUT2D eigenvalue weighted by Crippen LogP contribution is 2.21. The number of nitrogens with one attached hydrogen (secondary N) is 1. The summed E-state index contributed by atoms with van der Waals surface area (Å²) >= 11 is 11.5. The summed E-state index contributed by atoms with van der Waals surface area (Å²) in [6.07, 6.45) is 0.866. The molecule has 1 N–H and O–H groups in total. The van der Waals surface area contributed by atoms with E-state index in [1.165, 1.54) is 11.1 Å². The third-order valence-electron chi connectivity index (χ3n) is 2.52. The smallest absolute Gasteiger partial charge is 0.177 e. The molecule has 0 radical (unpaired) electrons. The number of halogens is 2. The highest BCUT2D eigenvalue weighted by Gasteiger charge is 2.05. The first kappa shape index (κ1) is 12.3. The molecule has 0 aliphatic carbocycles. The quantitative estimate of drug-likeness (QED) is 0.636. The summed E-state index contributed by atoms with van der Waals surface area (Å²) in [5.41, 5.74) is 3.43. The Labute approximate surface area is 111 Å². The van der Waals surface area contributed by atoms with Crippen molar-refractivity contribution in [2.75, 3.05) is 5.32 Å². The van der Waals surface area contributed by atoms with Gasteiger partial charge in [-0.3, -0.25) is 0 Å². The Morgan fingerprint density at radius 3 is 2.24 bits per heavy atom. The monoisotopic (exact) mass is 265 g/mol. The van der Waals surface area contributed by atoms with Crippen LogP contribution in [0.5, 0.6) is 0 Å². The Hall–Kier alpha value is -1.18. The Bertz CT molecular complexity index is 469. The Balaban J connectivity index is 2.20. The van der Waals surface area contributed by atoms with Gasteiger partial charge >= 0.3 is 0 Å². The average molecular weight is 266 g/mol. The summed E-state index contributed by atoms with van der Waals surface area (Å²) in [5, 5.41) is 3.02. The highest BCUT2D eigenvalue weighted by molar-refractivity contribution is 6.45. The molecule has 2 aromatic rings. The van der Waals surface area contributed by atoms with Crippen LogP contribution in [0.3, 0.4) is 0 Å². The maximum absolute atomic E-state index is 5.74. The van der Waals surface area contributed by atoms with E-state index in [2.05, 4.69) is 23.5 Å². The Kier molecular flexibility index (Phi) is 4.29. The Morgan fingerprint density at radius 2 is 1.53 bits per heavy atom. The molecule has 2 rings (SSSR count). The molecule has 0 aliphatic rings. The van der Waals surface area contributed by atoms with Gasteiger partial charge in [-0.2, -0.15) is 0 Å². The standard InChI is InChI=1S/C14H13Cl2N/c15-14(16)17-13-9-5-4-8-12(13)10-11-6-2-1-3-7-11/h1-9,14,17H,10H2. The minimum atomic E-state index is -0.591. The number of alkyl halides is 2. The van der Waals surface area contributed by atoms with E-state index in [0.29, 0.717) is 0 Å². The number of rotatable bonds is 4. The number of benzene rings is 2. The lowest BCUT2D eigenvalue weighted by Gasteiger charge is -2.12. The van der Waals surface area contributed by atoms with E-state index >= 15 is 0 Å². The van der Waals surface area contributed by atoms with Crippen LogP contribution in [0.25, 0.3) is 0 Å². The van der Waals surface area contributed by atoms with Gasteiger partial charge in [0.05, 0.1) is 0 Å². The fourth-order valence-corrected chi connectivity index (χ4v) is 1.98. The molecular formula is C14H13Cl2N. The Morgan fingerprint density at radius 1 is 0.882 bits per heavy atom. The van der Waals surface area contributed by atoms with E-state index in [-0.39, 0.29) is 0 Å². The van der Waals surface area contributed by atoms with Crippen molar-refractivity contribution in [1.82, 2.24) is 0 Å². The van der Waals surface area contributed by atoms with Crippen LogP contribution in [0, 0.1) is 0 Å². The van der Waals surface area contributed by atoms with E-state index < -0.39 is 4.96 Å². The van der Waals surface area contributed by atoms with Gasteiger partial charge in [-0.25, -0.2) is 0 Å². The van der Waals surface area contributed by atoms with Crippen LogP contribution in [-0.2, 0) is 6.42 Å². The van der Waals surface area contributed by atoms with Gasteiger partial charge in [0.15, 0.2) is 4.96 Å². The van der Waals surface area contributed by atoms with Crippen LogP contribution in [0.1, 0.15) is 11.1 Å². The van der Waals surface area contributed by atoms with Crippen LogP contribution in [-0.4, -0.2) is 4.96 Å². The summed E-state index contributed by atoms with van der Waals surface area (Å²) in [6.45, 7) is 0. The summed E-state index contributed by atoms with van der Waals surface area (Å²) < 4.78 is 0. The second kappa shape index (κ2) is 5.95. The highest BCUT2D eigenvalue weighted by atomic mass is 35.5. The molecule has 17 heavy (non-hydrogen) atoms. The lowest BCUT2D eigenvalue weighted by molar-refractivity contribution is 1.18. The van der Waals surface area contributed by atoms with Crippen molar-refractivity contribution in [2.24, 2.45) is 0 Å². The second-order valence-corrected chi connectivity index (χ2v) is 4.86. The predicted octanol–water partition coefficient (Wildman–Crippen LogP) is 4.45. The van der Waals surface area contributed by atoms with Crippen molar-refractivity contribution in [3.05, 3.63) is 65.7 Å². The maximum Gasteiger partial charge on any atom is 0.177 e. The van der Waals surface area contributed by atoms with Gasteiger partial charge in [0.1, 0.15) is 0 Å². The molecular weight excluding hydrogens is 253 g/mol. The van der Waals surface area contributed by atoms with Crippen LogP contribution < -0.4 is 5.32 Å². The molecule has 0 amide bonds. The van der Waals surface area contributed by atoms with Gasteiger partial charge in [-0.05, 0) is 23.6 Å². The molecule has 0 saturated heterocycles. The minimum absolute atomic E-state index is 0.591. The van der Waals surface area contributed by atoms with Crippen molar-refractivity contribution in [1.29, 1.82) is 0 Å². The number of para-hydroxylation sites is 1. The molecule has 1 nitrogen and oxygen atoms in total. The van der Waals surface area contributed by atoms with Crippen molar-refractivity contribution < 1.29 is 0 Å². The van der Waals surface area contributed by atoms with Gasteiger partial charge in [0.2, 0.25) is 0 Å². The van der Waals surface area contributed by atoms with Gasteiger partial charge < -0.3 is 5.32 Å². The first-order valence-electron chi connectivity index (χ1n) is 5.42. The predicted molar refractivity (Wildman–Crippen MR) is 74.8 cm³/mol. The zero-order chi connectivity index (χ0) is 12.1. The lowest BCUT2D eigenvalue weighted by Crippen LogP contribution is -2.06. The van der Waals surface area contributed by atoms with Gasteiger partial charge in [0.25, 0.3) is 0 Å². The molecule has 0 aromatic heterocycles. The van der Waals surface area contributed by atoms with Crippen molar-refractivity contribution >= 4 is 28.9 Å². The van der Waals surface area contributed by atoms with Crippen molar-refractivity contribution in [3.8, 4) is 0 Å². The van der Waals surface area contributed by atoms with Crippen molar-refractivity contribution in [3.63, 3.8) is 0 Å². The lowest BCUT2D eigenvalue weighted by atomic mass is 10.0. The van der Waals surface area contributed by atoms with Crippen LogP contribution in [0.4, 0.5) is 5.69 Å². The summed E-state index contributed by atoms with van der Waals surface area (Å²) in [7, 11) is 0. The summed E-state index contributed by atoms with van der Waals surface area (Å²) in [5.74, 6) is 0. The molecule has 0 fully saturated rings. The molecule has 88 valence electrons. The minimum Gasteiger partial charge on any atom is -0.357 e. The fraction of sp³-hybridized carbons (Fsp3) is 0.143. The third kappa shape index (κ3) is 3.65. The number of hydrogen-bond acceptors (Lipinski definition) is 1. The van der Waals surface area contributed by atoms with E-state index in [4.69, 9.17) is 23.2 Å². The molecule has 0 aliphatic heterocycles. The van der Waals surface area contributed by atoms with Crippen LogP contribution >= 0.6 is 23.2 Å². The molecule has 0 unspecified atom stereocenters. The molecule has 0 spiro atoms. The zero-order valence-corrected chi connectivity index (χ0v) is 10.7. The molecule has 0 bridgehead atoms. The van der Waals surface area contributed by atoms with Crippen LogP contribution in [0.15, 0.2) is 54.6 Å². The first-order chi connectivity index (χ1) is 8.25. The molecule has 3 heteroatoms. The molecule has 0 atom stereocenters. The van der Waals surface area contributed by atoms with Gasteiger partial charge in [0, 0.05) is 5.69 Å². The number of hydrogen-bond donors (Lipinski definition) is 1. The SMILES string of the molecule is ClC(Cl)Nc1ccccc1Cc1ccccc1. The van der Waals surface area contributed by atoms with Gasteiger partial charge in [-0.1, -0.05) is 71.7 Å². The van der Waals surface area contributed by atoms with Crippen molar-refractivity contribution in [2.45, 2.75) is 11.4 Å². The topological polar surface area (TPSA) is 12.0 Å². The molecule has 0 heterocycles. The summed E-state index contributed by atoms with van der Waals surface area (Å²) in [6, 6.07) is 18.3. The zero-order valence-electron chi connectivity index (χ0n) is 9.24. The molecule has 2 aromatic carbocycles. The van der Waals surface area contributed by atoms with E-state index in [1.54, 1.807) is 0 Å². The van der Waals surface area contributed by atoms with Crippen LogP contribution in [0.2, 0.25) is 0 Å². The fourth-order valence-electron chi connectivity index (χ4n) is 1.75. The number of anilines is 1.